The molecule has 1 fully saturated rings. The Balaban J connectivity index is 2.02. The fourth-order valence-corrected chi connectivity index (χ4v) is 2.41. The molecule has 0 radical (unpaired) electrons. The third-order valence-electron chi connectivity index (χ3n) is 3.52. The Labute approximate surface area is 111 Å². The van der Waals surface area contributed by atoms with Crippen molar-refractivity contribution in [2.24, 2.45) is 0 Å². The minimum Gasteiger partial charge on any atom is -0.378 e. The van der Waals surface area contributed by atoms with Crippen molar-refractivity contribution in [2.45, 2.75) is 25.8 Å². The molecule has 104 valence electrons. The quantitative estimate of drug-likeness (QED) is 0.658. The predicted octanol–water partition coefficient (Wildman–Crippen LogP) is 2.63. The summed E-state index contributed by atoms with van der Waals surface area (Å²) in [6, 6.07) is 4.40. The second-order valence-electron chi connectivity index (χ2n) is 4.87. The van der Waals surface area contributed by atoms with Crippen LogP contribution in [0.1, 0.15) is 19.8 Å². The number of nitro groups is 1. The van der Waals surface area contributed by atoms with Crippen molar-refractivity contribution >= 4 is 11.4 Å². The molecule has 1 saturated heterocycles. The van der Waals surface area contributed by atoms with E-state index in [-0.39, 0.29) is 11.7 Å². The Morgan fingerprint density at radius 3 is 2.79 bits per heavy atom. The third kappa shape index (κ3) is 3.20. The molecule has 2 rings (SSSR count). The molecule has 1 aromatic rings. The Morgan fingerprint density at radius 2 is 2.16 bits per heavy atom. The molecule has 1 aliphatic rings. The van der Waals surface area contributed by atoms with Gasteiger partial charge < -0.3 is 5.32 Å². The number of anilines is 1. The van der Waals surface area contributed by atoms with Crippen LogP contribution in [0.15, 0.2) is 18.2 Å². The van der Waals surface area contributed by atoms with Gasteiger partial charge in [0, 0.05) is 12.6 Å². The van der Waals surface area contributed by atoms with Crippen LogP contribution in [0, 0.1) is 15.9 Å². The van der Waals surface area contributed by atoms with E-state index in [0.717, 1.165) is 19.2 Å². The fraction of sp³-hybridized carbons (Fsp3) is 0.538. The van der Waals surface area contributed by atoms with Crippen LogP contribution in [0.2, 0.25) is 0 Å². The van der Waals surface area contributed by atoms with E-state index in [0.29, 0.717) is 6.54 Å². The van der Waals surface area contributed by atoms with E-state index in [1.807, 2.05) is 0 Å². The summed E-state index contributed by atoms with van der Waals surface area (Å²) in [5.74, 6) is -0.802. The molecule has 19 heavy (non-hydrogen) atoms. The Hall–Kier alpha value is -1.69. The third-order valence-corrected chi connectivity index (χ3v) is 3.52. The van der Waals surface area contributed by atoms with Gasteiger partial charge in [-0.25, -0.2) is 0 Å². The molecule has 0 bridgehead atoms. The Morgan fingerprint density at radius 1 is 1.47 bits per heavy atom. The van der Waals surface area contributed by atoms with Crippen molar-refractivity contribution in [3.63, 3.8) is 0 Å². The molecule has 1 N–H and O–H groups in total. The first-order valence-corrected chi connectivity index (χ1v) is 6.50. The topological polar surface area (TPSA) is 58.4 Å². The zero-order valence-corrected chi connectivity index (χ0v) is 10.9. The maximum Gasteiger partial charge on any atom is 0.327 e. The molecule has 1 atom stereocenters. The van der Waals surface area contributed by atoms with E-state index in [4.69, 9.17) is 0 Å². The first kappa shape index (κ1) is 13.7. The number of hydrogen-bond donors (Lipinski definition) is 1. The summed E-state index contributed by atoms with van der Waals surface area (Å²) in [6.45, 7) is 4.77. The first-order chi connectivity index (χ1) is 9.09. The molecular weight excluding hydrogens is 249 g/mol. The highest BCUT2D eigenvalue weighted by Gasteiger charge is 2.22. The summed E-state index contributed by atoms with van der Waals surface area (Å²) < 4.78 is 13.4. The van der Waals surface area contributed by atoms with E-state index in [1.165, 1.54) is 25.0 Å². The number of hydrogen-bond acceptors (Lipinski definition) is 4. The van der Waals surface area contributed by atoms with Gasteiger partial charge in [0.25, 0.3) is 0 Å². The SMILES string of the molecule is CC(CNc1cccc(F)c1[N+](=O)[O-])N1CCCC1. The molecule has 0 amide bonds. The van der Waals surface area contributed by atoms with Gasteiger partial charge in [-0.3, -0.25) is 15.0 Å². The number of rotatable bonds is 5. The van der Waals surface area contributed by atoms with Crippen LogP contribution in [0.5, 0.6) is 0 Å². The minimum absolute atomic E-state index is 0.246. The normalized spacial score (nSPS) is 17.4. The van der Waals surface area contributed by atoms with E-state index < -0.39 is 16.4 Å². The number of nitrogens with one attached hydrogen (secondary N) is 1. The van der Waals surface area contributed by atoms with E-state index in [9.17, 15) is 14.5 Å². The summed E-state index contributed by atoms with van der Waals surface area (Å²) in [5.41, 5.74) is -0.229. The minimum atomic E-state index is -0.802. The molecule has 1 aliphatic heterocycles. The van der Waals surface area contributed by atoms with E-state index in [1.54, 1.807) is 0 Å². The van der Waals surface area contributed by atoms with Gasteiger partial charge in [0.1, 0.15) is 5.69 Å². The van der Waals surface area contributed by atoms with Gasteiger partial charge in [-0.1, -0.05) is 6.07 Å². The summed E-state index contributed by atoms with van der Waals surface area (Å²) in [5, 5.41) is 13.8. The van der Waals surface area contributed by atoms with Gasteiger partial charge >= 0.3 is 5.69 Å². The molecule has 0 aliphatic carbocycles. The van der Waals surface area contributed by atoms with Gasteiger partial charge in [0.05, 0.1) is 4.92 Å². The summed E-state index contributed by atoms with van der Waals surface area (Å²) >= 11 is 0. The standard InChI is InChI=1S/C13H18FN3O2/c1-10(16-7-2-3-8-16)9-15-12-6-4-5-11(14)13(12)17(18)19/h4-6,10,15H,2-3,7-9H2,1H3. The zero-order chi connectivity index (χ0) is 13.8. The molecule has 1 heterocycles. The van der Waals surface area contributed by atoms with Gasteiger partial charge in [-0.2, -0.15) is 4.39 Å². The van der Waals surface area contributed by atoms with Gasteiger partial charge in [0.2, 0.25) is 5.82 Å². The second-order valence-corrected chi connectivity index (χ2v) is 4.87. The fourth-order valence-electron chi connectivity index (χ4n) is 2.41. The number of para-hydroxylation sites is 1. The van der Waals surface area contributed by atoms with Crippen molar-refractivity contribution in [1.29, 1.82) is 0 Å². The highest BCUT2D eigenvalue weighted by atomic mass is 19.1. The molecule has 5 nitrogen and oxygen atoms in total. The van der Waals surface area contributed by atoms with Crippen LogP contribution in [-0.2, 0) is 0 Å². The molecule has 6 heteroatoms. The van der Waals surface area contributed by atoms with Gasteiger partial charge in [-0.15, -0.1) is 0 Å². The van der Waals surface area contributed by atoms with Gasteiger partial charge in [-0.05, 0) is 45.0 Å². The van der Waals surface area contributed by atoms with E-state index >= 15 is 0 Å². The lowest BCUT2D eigenvalue weighted by Crippen LogP contribution is -2.35. The lowest BCUT2D eigenvalue weighted by molar-refractivity contribution is -0.386. The van der Waals surface area contributed by atoms with Crippen LogP contribution < -0.4 is 5.32 Å². The van der Waals surface area contributed by atoms with Crippen LogP contribution >= 0.6 is 0 Å². The van der Waals surface area contributed by atoms with Gasteiger partial charge in [0.15, 0.2) is 0 Å². The maximum atomic E-state index is 13.4. The molecule has 1 unspecified atom stereocenters. The number of halogens is 1. The molecular formula is C13H18FN3O2. The number of benzene rings is 1. The average Bonchev–Trinajstić information content (AvgIpc) is 2.89. The summed E-state index contributed by atoms with van der Waals surface area (Å²) in [6.07, 6.45) is 2.40. The van der Waals surface area contributed by atoms with Crippen molar-refractivity contribution < 1.29 is 9.31 Å². The number of nitrogens with zero attached hydrogens (tertiary/aromatic N) is 2. The lowest BCUT2D eigenvalue weighted by atomic mass is 10.2. The molecule has 0 spiro atoms. The number of nitro benzene ring substituents is 1. The van der Waals surface area contributed by atoms with Crippen molar-refractivity contribution in [3.8, 4) is 0 Å². The van der Waals surface area contributed by atoms with Crippen LogP contribution in [0.4, 0.5) is 15.8 Å². The molecule has 0 saturated carbocycles. The van der Waals surface area contributed by atoms with Crippen molar-refractivity contribution in [2.75, 3.05) is 25.0 Å². The largest absolute Gasteiger partial charge is 0.378 e. The highest BCUT2D eigenvalue weighted by Crippen LogP contribution is 2.27. The smallest absolute Gasteiger partial charge is 0.327 e. The van der Waals surface area contributed by atoms with E-state index in [2.05, 4.69) is 17.1 Å². The summed E-state index contributed by atoms with van der Waals surface area (Å²) in [7, 11) is 0. The Bertz CT molecular complexity index is 461. The Kier molecular flexibility index (Phi) is 4.31. The molecule has 0 aromatic heterocycles. The zero-order valence-electron chi connectivity index (χ0n) is 10.9. The lowest BCUT2D eigenvalue weighted by Gasteiger charge is -2.24. The first-order valence-electron chi connectivity index (χ1n) is 6.50. The predicted molar refractivity (Wildman–Crippen MR) is 71.8 cm³/mol. The van der Waals surface area contributed by atoms with Crippen LogP contribution in [-0.4, -0.2) is 35.5 Å². The van der Waals surface area contributed by atoms with Crippen molar-refractivity contribution in [1.82, 2.24) is 4.90 Å². The van der Waals surface area contributed by atoms with Crippen LogP contribution in [0.25, 0.3) is 0 Å². The monoisotopic (exact) mass is 267 g/mol. The average molecular weight is 267 g/mol. The molecule has 1 aromatic carbocycles. The number of likely N-dealkylation sites (tertiary alicyclic amines) is 1. The summed E-state index contributed by atoms with van der Waals surface area (Å²) in [4.78, 5) is 12.5. The van der Waals surface area contributed by atoms with Crippen molar-refractivity contribution in [3.05, 3.63) is 34.1 Å². The highest BCUT2D eigenvalue weighted by molar-refractivity contribution is 5.61. The second kappa shape index (κ2) is 5.97. The maximum absolute atomic E-state index is 13.4. The van der Waals surface area contributed by atoms with Crippen LogP contribution in [0.3, 0.4) is 0 Å².